The molecular formula is C11H10FNO2S. The number of nitrogens with zero attached hydrogens (tertiary/aromatic N) is 1. The summed E-state index contributed by atoms with van der Waals surface area (Å²) >= 11 is 1.48. The van der Waals surface area contributed by atoms with E-state index in [0.717, 1.165) is 5.69 Å². The predicted molar refractivity (Wildman–Crippen MR) is 58.8 cm³/mol. The van der Waals surface area contributed by atoms with Crippen molar-refractivity contribution >= 4 is 11.3 Å². The van der Waals surface area contributed by atoms with Gasteiger partial charge < -0.3 is 9.84 Å². The maximum Gasteiger partial charge on any atom is 0.131 e. The van der Waals surface area contributed by atoms with Crippen molar-refractivity contribution < 1.29 is 14.2 Å². The zero-order valence-corrected chi connectivity index (χ0v) is 9.21. The van der Waals surface area contributed by atoms with E-state index in [0.29, 0.717) is 17.9 Å². The molecule has 1 aromatic carbocycles. The molecule has 0 amide bonds. The minimum atomic E-state index is -0.417. The number of aliphatic hydroxyl groups is 1. The van der Waals surface area contributed by atoms with Crippen LogP contribution in [0.5, 0.6) is 5.75 Å². The number of thiazole rings is 1. The topological polar surface area (TPSA) is 42.4 Å². The number of benzene rings is 1. The number of halogens is 1. The fourth-order valence-electron chi connectivity index (χ4n) is 1.26. The van der Waals surface area contributed by atoms with Crippen molar-refractivity contribution in [3.8, 4) is 5.75 Å². The summed E-state index contributed by atoms with van der Waals surface area (Å²) in [5, 5.41) is 10.8. The first-order valence-corrected chi connectivity index (χ1v) is 5.62. The number of ether oxygens (including phenoxy) is 1. The molecule has 1 aromatic heterocycles. The second kappa shape index (κ2) is 5.05. The quantitative estimate of drug-likeness (QED) is 0.890. The summed E-state index contributed by atoms with van der Waals surface area (Å²) in [5.41, 5.74) is 3.01. The minimum Gasteiger partial charge on any atom is -0.487 e. The molecule has 0 spiro atoms. The normalized spacial score (nSPS) is 10.4. The zero-order chi connectivity index (χ0) is 11.4. The highest BCUT2D eigenvalue weighted by molar-refractivity contribution is 7.07. The summed E-state index contributed by atoms with van der Waals surface area (Å²) in [7, 11) is 0. The van der Waals surface area contributed by atoms with Gasteiger partial charge in [-0.25, -0.2) is 9.37 Å². The molecule has 5 heteroatoms. The van der Waals surface area contributed by atoms with Gasteiger partial charge in [-0.1, -0.05) is 0 Å². The molecule has 0 atom stereocenters. The Bertz CT molecular complexity index is 459. The van der Waals surface area contributed by atoms with Gasteiger partial charge in [0.1, 0.15) is 18.2 Å². The van der Waals surface area contributed by atoms with Crippen molar-refractivity contribution in [1.29, 1.82) is 0 Å². The van der Waals surface area contributed by atoms with Crippen LogP contribution in [-0.2, 0) is 13.2 Å². The lowest BCUT2D eigenvalue weighted by atomic mass is 10.2. The van der Waals surface area contributed by atoms with Crippen LogP contribution in [0.3, 0.4) is 0 Å². The fraction of sp³-hybridized carbons (Fsp3) is 0.182. The summed E-state index contributed by atoms with van der Waals surface area (Å²) in [5.74, 6) is -0.0168. The largest absolute Gasteiger partial charge is 0.487 e. The Morgan fingerprint density at radius 2 is 2.25 bits per heavy atom. The van der Waals surface area contributed by atoms with Gasteiger partial charge in [-0.3, -0.25) is 0 Å². The monoisotopic (exact) mass is 239 g/mol. The highest BCUT2D eigenvalue weighted by Crippen LogP contribution is 2.17. The van der Waals surface area contributed by atoms with Gasteiger partial charge in [0, 0.05) is 11.4 Å². The third-order valence-corrected chi connectivity index (χ3v) is 2.62. The summed E-state index contributed by atoms with van der Waals surface area (Å²) in [6.07, 6.45) is 0. The van der Waals surface area contributed by atoms with Gasteiger partial charge >= 0.3 is 0 Å². The third kappa shape index (κ3) is 2.77. The van der Waals surface area contributed by atoms with Gasteiger partial charge in [-0.15, -0.1) is 11.3 Å². The highest BCUT2D eigenvalue weighted by atomic mass is 32.1. The first-order chi connectivity index (χ1) is 7.78. The lowest BCUT2D eigenvalue weighted by Crippen LogP contribution is -1.97. The lowest BCUT2D eigenvalue weighted by Gasteiger charge is -2.06. The van der Waals surface area contributed by atoms with Gasteiger partial charge in [0.15, 0.2) is 0 Å². The SMILES string of the molecule is OCc1cc(F)cc(OCc2cscn2)c1. The van der Waals surface area contributed by atoms with Crippen LogP contribution in [0, 0.1) is 5.82 Å². The van der Waals surface area contributed by atoms with Crippen LogP contribution >= 0.6 is 11.3 Å². The lowest BCUT2D eigenvalue weighted by molar-refractivity contribution is 0.276. The van der Waals surface area contributed by atoms with Gasteiger partial charge in [0.05, 0.1) is 17.8 Å². The molecule has 16 heavy (non-hydrogen) atoms. The Balaban J connectivity index is 2.06. The molecule has 0 unspecified atom stereocenters. The second-order valence-corrected chi connectivity index (χ2v) is 3.94. The van der Waals surface area contributed by atoms with E-state index in [1.165, 1.54) is 23.5 Å². The van der Waals surface area contributed by atoms with Crippen molar-refractivity contribution in [1.82, 2.24) is 4.98 Å². The van der Waals surface area contributed by atoms with Gasteiger partial charge in [0.25, 0.3) is 0 Å². The number of rotatable bonds is 4. The Morgan fingerprint density at radius 3 is 2.94 bits per heavy atom. The molecule has 2 aromatic rings. The first kappa shape index (κ1) is 11.0. The summed E-state index contributed by atoms with van der Waals surface area (Å²) in [6.45, 7) is 0.0998. The standard InChI is InChI=1S/C11H10FNO2S/c12-9-1-8(4-14)2-11(3-9)15-5-10-6-16-7-13-10/h1-3,6-7,14H,4-5H2. The molecule has 3 nitrogen and oxygen atoms in total. The van der Waals surface area contributed by atoms with E-state index in [1.54, 1.807) is 11.6 Å². The molecule has 0 radical (unpaired) electrons. The smallest absolute Gasteiger partial charge is 0.131 e. The van der Waals surface area contributed by atoms with Crippen LogP contribution in [0.1, 0.15) is 11.3 Å². The van der Waals surface area contributed by atoms with Crippen molar-refractivity contribution in [2.24, 2.45) is 0 Å². The van der Waals surface area contributed by atoms with Crippen molar-refractivity contribution in [2.75, 3.05) is 0 Å². The number of aromatic nitrogens is 1. The van der Waals surface area contributed by atoms with E-state index in [-0.39, 0.29) is 6.61 Å². The Kier molecular flexibility index (Phi) is 3.48. The van der Waals surface area contributed by atoms with E-state index in [4.69, 9.17) is 9.84 Å². The molecule has 0 saturated carbocycles. The average molecular weight is 239 g/mol. The van der Waals surface area contributed by atoms with E-state index in [1.807, 2.05) is 5.38 Å². The van der Waals surface area contributed by atoms with Gasteiger partial charge in [-0.2, -0.15) is 0 Å². The molecule has 0 aliphatic heterocycles. The van der Waals surface area contributed by atoms with Crippen LogP contribution in [0.15, 0.2) is 29.1 Å². The second-order valence-electron chi connectivity index (χ2n) is 3.22. The van der Waals surface area contributed by atoms with E-state index >= 15 is 0 Å². The number of aliphatic hydroxyl groups excluding tert-OH is 1. The number of hydrogen-bond acceptors (Lipinski definition) is 4. The molecule has 1 heterocycles. The van der Waals surface area contributed by atoms with Crippen molar-refractivity contribution in [3.63, 3.8) is 0 Å². The van der Waals surface area contributed by atoms with Gasteiger partial charge in [-0.05, 0) is 17.7 Å². The van der Waals surface area contributed by atoms with Crippen LogP contribution in [0.2, 0.25) is 0 Å². The zero-order valence-electron chi connectivity index (χ0n) is 8.39. The molecule has 0 fully saturated rings. The molecule has 0 bridgehead atoms. The Morgan fingerprint density at radius 1 is 1.38 bits per heavy atom. The fourth-order valence-corrected chi connectivity index (χ4v) is 1.80. The van der Waals surface area contributed by atoms with E-state index < -0.39 is 5.82 Å². The molecule has 1 N–H and O–H groups in total. The highest BCUT2D eigenvalue weighted by Gasteiger charge is 2.02. The van der Waals surface area contributed by atoms with Crippen LogP contribution in [0.25, 0.3) is 0 Å². The molecule has 2 rings (SSSR count). The van der Waals surface area contributed by atoms with Crippen molar-refractivity contribution in [2.45, 2.75) is 13.2 Å². The van der Waals surface area contributed by atoms with Crippen molar-refractivity contribution in [3.05, 3.63) is 46.2 Å². The molecule has 0 aliphatic rings. The van der Waals surface area contributed by atoms with Crippen LogP contribution in [0.4, 0.5) is 4.39 Å². The first-order valence-electron chi connectivity index (χ1n) is 4.68. The van der Waals surface area contributed by atoms with Gasteiger partial charge in [0.2, 0.25) is 0 Å². The average Bonchev–Trinajstić information content (AvgIpc) is 2.78. The maximum absolute atomic E-state index is 13.1. The molecular weight excluding hydrogens is 229 g/mol. The molecule has 0 aliphatic carbocycles. The van der Waals surface area contributed by atoms with Crippen LogP contribution in [-0.4, -0.2) is 10.1 Å². The summed E-state index contributed by atoms with van der Waals surface area (Å²) in [6, 6.07) is 4.16. The predicted octanol–water partition coefficient (Wildman–Crippen LogP) is 2.35. The third-order valence-electron chi connectivity index (χ3n) is 1.98. The molecule has 0 saturated heterocycles. The maximum atomic E-state index is 13.1. The summed E-state index contributed by atoms with van der Waals surface area (Å²) in [4.78, 5) is 4.05. The summed E-state index contributed by atoms with van der Waals surface area (Å²) < 4.78 is 18.4. The molecule has 84 valence electrons. The Hall–Kier alpha value is -1.46. The van der Waals surface area contributed by atoms with Crippen LogP contribution < -0.4 is 4.74 Å². The Labute approximate surface area is 96.2 Å². The van der Waals surface area contributed by atoms with E-state index in [2.05, 4.69) is 4.98 Å². The van der Waals surface area contributed by atoms with E-state index in [9.17, 15) is 4.39 Å². The minimum absolute atomic E-state index is 0.204. The number of hydrogen-bond donors (Lipinski definition) is 1.